The molecule has 3 heterocycles. The average Bonchev–Trinajstić information content (AvgIpc) is 2.97. The molecule has 1 aliphatic rings. The molecule has 0 amide bonds. The molecule has 0 aromatic carbocycles. The van der Waals surface area contributed by atoms with Gasteiger partial charge in [-0.05, 0) is 23.6 Å². The first-order valence-electron chi connectivity index (χ1n) is 5.65. The topological polar surface area (TPSA) is 17.8 Å². The summed E-state index contributed by atoms with van der Waals surface area (Å²) in [6.07, 6.45) is 1.12. The van der Waals surface area contributed by atoms with E-state index in [1.165, 1.54) is 28.3 Å². The van der Waals surface area contributed by atoms with Gasteiger partial charge < -0.3 is 0 Å². The molecule has 5 heteroatoms. The maximum absolute atomic E-state index is 5.85. The van der Waals surface area contributed by atoms with Crippen molar-refractivity contribution < 1.29 is 0 Å². The highest BCUT2D eigenvalue weighted by molar-refractivity contribution is 7.98. The Balaban J connectivity index is 2.09. The standard InChI is InChI=1S/C12H13ClN2S2/c13-3-4-15-11-2-6-17-8-10(11)12(14-15)9-1-5-16-7-9/h1,5,7H,2-4,6,8H2. The summed E-state index contributed by atoms with van der Waals surface area (Å²) >= 11 is 9.57. The largest absolute Gasteiger partial charge is 0.267 e. The van der Waals surface area contributed by atoms with Crippen LogP contribution in [0.1, 0.15) is 11.3 Å². The number of alkyl halides is 1. The lowest BCUT2D eigenvalue weighted by molar-refractivity contribution is 0.630. The van der Waals surface area contributed by atoms with Gasteiger partial charge in [-0.2, -0.15) is 28.2 Å². The Labute approximate surface area is 114 Å². The van der Waals surface area contributed by atoms with E-state index in [0.717, 1.165) is 18.7 Å². The summed E-state index contributed by atoms with van der Waals surface area (Å²) in [5.41, 5.74) is 5.23. The number of fused-ring (bicyclic) bond motifs is 1. The van der Waals surface area contributed by atoms with E-state index in [0.29, 0.717) is 5.88 Å². The highest BCUT2D eigenvalue weighted by Crippen LogP contribution is 2.34. The normalized spacial score (nSPS) is 14.9. The van der Waals surface area contributed by atoms with Gasteiger partial charge in [0.1, 0.15) is 0 Å². The first-order chi connectivity index (χ1) is 8.40. The van der Waals surface area contributed by atoms with Crippen LogP contribution in [-0.4, -0.2) is 21.4 Å². The number of aromatic nitrogens is 2. The van der Waals surface area contributed by atoms with Gasteiger partial charge in [0, 0.05) is 33.8 Å². The molecule has 3 rings (SSSR count). The van der Waals surface area contributed by atoms with Crippen LogP contribution < -0.4 is 0 Å². The van der Waals surface area contributed by atoms with Crippen LogP contribution in [-0.2, 0) is 18.7 Å². The molecule has 0 N–H and O–H groups in total. The minimum Gasteiger partial charge on any atom is -0.267 e. The zero-order valence-corrected chi connectivity index (χ0v) is 11.7. The van der Waals surface area contributed by atoms with Crippen LogP contribution in [0.25, 0.3) is 11.3 Å². The molecule has 0 atom stereocenters. The SMILES string of the molecule is ClCCn1nc(-c2ccsc2)c2c1CCSC2. The van der Waals surface area contributed by atoms with Crippen molar-refractivity contribution in [2.45, 2.75) is 18.7 Å². The fourth-order valence-corrected chi connectivity index (χ4v) is 3.99. The third-order valence-electron chi connectivity index (χ3n) is 2.99. The summed E-state index contributed by atoms with van der Waals surface area (Å²) in [7, 11) is 0. The number of hydrogen-bond acceptors (Lipinski definition) is 3. The molecule has 0 bridgehead atoms. The van der Waals surface area contributed by atoms with Crippen LogP contribution in [0.15, 0.2) is 16.8 Å². The molecule has 0 saturated carbocycles. The Hall–Kier alpha value is -0.450. The third kappa shape index (κ3) is 2.14. The number of aryl methyl sites for hydroxylation is 1. The number of nitrogens with zero attached hydrogens (tertiary/aromatic N) is 2. The Bertz CT molecular complexity index is 505. The predicted molar refractivity (Wildman–Crippen MR) is 76.1 cm³/mol. The molecule has 2 nitrogen and oxygen atoms in total. The summed E-state index contributed by atoms with van der Waals surface area (Å²) in [6.45, 7) is 0.818. The van der Waals surface area contributed by atoms with Crippen LogP contribution in [0.5, 0.6) is 0 Å². The lowest BCUT2D eigenvalue weighted by atomic mass is 10.1. The van der Waals surface area contributed by atoms with Crippen molar-refractivity contribution in [2.75, 3.05) is 11.6 Å². The van der Waals surface area contributed by atoms with Crippen molar-refractivity contribution in [2.24, 2.45) is 0 Å². The van der Waals surface area contributed by atoms with Gasteiger partial charge in [-0.25, -0.2) is 0 Å². The number of hydrogen-bond donors (Lipinski definition) is 0. The van der Waals surface area contributed by atoms with Crippen LogP contribution in [0.2, 0.25) is 0 Å². The van der Waals surface area contributed by atoms with Crippen molar-refractivity contribution in [3.63, 3.8) is 0 Å². The molecule has 2 aromatic heterocycles. The molecule has 0 radical (unpaired) electrons. The Morgan fingerprint density at radius 3 is 3.18 bits per heavy atom. The van der Waals surface area contributed by atoms with Gasteiger partial charge in [0.25, 0.3) is 0 Å². The van der Waals surface area contributed by atoms with Crippen molar-refractivity contribution >= 4 is 34.7 Å². The van der Waals surface area contributed by atoms with Crippen LogP contribution in [0.4, 0.5) is 0 Å². The summed E-state index contributed by atoms with van der Waals surface area (Å²) in [5.74, 6) is 2.91. The summed E-state index contributed by atoms with van der Waals surface area (Å²) < 4.78 is 2.11. The fraction of sp³-hybridized carbons (Fsp3) is 0.417. The molecule has 0 spiro atoms. The second kappa shape index (κ2) is 5.04. The monoisotopic (exact) mass is 284 g/mol. The van der Waals surface area contributed by atoms with Crippen LogP contribution >= 0.6 is 34.7 Å². The highest BCUT2D eigenvalue weighted by atomic mass is 35.5. The van der Waals surface area contributed by atoms with Gasteiger partial charge in [0.05, 0.1) is 12.2 Å². The van der Waals surface area contributed by atoms with E-state index in [1.807, 2.05) is 11.8 Å². The summed E-state index contributed by atoms with van der Waals surface area (Å²) in [5, 5.41) is 9.03. The molecule has 0 saturated heterocycles. The molecule has 90 valence electrons. The molecular formula is C12H13ClN2S2. The molecule has 1 aliphatic heterocycles. The maximum atomic E-state index is 5.85. The van der Waals surface area contributed by atoms with Gasteiger partial charge in [-0.1, -0.05) is 0 Å². The van der Waals surface area contributed by atoms with Crippen LogP contribution in [0, 0.1) is 0 Å². The Morgan fingerprint density at radius 1 is 1.47 bits per heavy atom. The third-order valence-corrected chi connectivity index (χ3v) is 4.82. The molecule has 17 heavy (non-hydrogen) atoms. The van der Waals surface area contributed by atoms with Crippen LogP contribution in [0.3, 0.4) is 0 Å². The Morgan fingerprint density at radius 2 is 2.41 bits per heavy atom. The second-order valence-corrected chi connectivity index (χ2v) is 6.26. The number of thioether (sulfide) groups is 1. The number of rotatable bonds is 3. The predicted octanol–water partition coefficient (Wildman–Crippen LogP) is 3.64. The average molecular weight is 285 g/mol. The lowest BCUT2D eigenvalue weighted by Crippen LogP contribution is -2.10. The summed E-state index contributed by atoms with van der Waals surface area (Å²) in [6, 6.07) is 2.15. The molecule has 0 aliphatic carbocycles. The van der Waals surface area contributed by atoms with Gasteiger partial charge in [0.15, 0.2) is 0 Å². The van der Waals surface area contributed by atoms with Crippen molar-refractivity contribution in [3.05, 3.63) is 28.1 Å². The molecule has 0 unspecified atom stereocenters. The molecular weight excluding hydrogens is 272 g/mol. The van der Waals surface area contributed by atoms with Crippen molar-refractivity contribution in [1.29, 1.82) is 0 Å². The highest BCUT2D eigenvalue weighted by Gasteiger charge is 2.21. The lowest BCUT2D eigenvalue weighted by Gasteiger charge is -2.13. The zero-order valence-electron chi connectivity index (χ0n) is 9.36. The van der Waals surface area contributed by atoms with E-state index in [1.54, 1.807) is 11.3 Å². The second-order valence-electron chi connectivity index (χ2n) is 4.00. The minimum absolute atomic E-state index is 0.629. The van der Waals surface area contributed by atoms with E-state index in [4.69, 9.17) is 16.7 Å². The van der Waals surface area contributed by atoms with E-state index >= 15 is 0 Å². The van der Waals surface area contributed by atoms with E-state index < -0.39 is 0 Å². The number of halogens is 1. The summed E-state index contributed by atoms with van der Waals surface area (Å²) in [4.78, 5) is 0. The smallest absolute Gasteiger partial charge is 0.0974 e. The minimum atomic E-state index is 0.629. The van der Waals surface area contributed by atoms with Crippen molar-refractivity contribution in [1.82, 2.24) is 9.78 Å². The fourth-order valence-electron chi connectivity index (χ4n) is 2.20. The quantitative estimate of drug-likeness (QED) is 0.801. The Kier molecular flexibility index (Phi) is 3.45. The van der Waals surface area contributed by atoms with Gasteiger partial charge in [-0.15, -0.1) is 11.6 Å². The number of thiophene rings is 1. The van der Waals surface area contributed by atoms with Gasteiger partial charge in [-0.3, -0.25) is 4.68 Å². The van der Waals surface area contributed by atoms with E-state index in [2.05, 4.69) is 21.5 Å². The molecule has 2 aromatic rings. The first kappa shape index (κ1) is 11.6. The first-order valence-corrected chi connectivity index (χ1v) is 8.28. The van der Waals surface area contributed by atoms with Gasteiger partial charge >= 0.3 is 0 Å². The maximum Gasteiger partial charge on any atom is 0.0974 e. The van der Waals surface area contributed by atoms with Crippen molar-refractivity contribution in [3.8, 4) is 11.3 Å². The molecule has 0 fully saturated rings. The van der Waals surface area contributed by atoms with E-state index in [9.17, 15) is 0 Å². The van der Waals surface area contributed by atoms with E-state index in [-0.39, 0.29) is 0 Å². The zero-order chi connectivity index (χ0) is 11.7. The van der Waals surface area contributed by atoms with Gasteiger partial charge in [0.2, 0.25) is 0 Å².